The van der Waals surface area contributed by atoms with E-state index in [9.17, 15) is 10.1 Å². The summed E-state index contributed by atoms with van der Waals surface area (Å²) in [5.74, 6) is 0. The summed E-state index contributed by atoms with van der Waals surface area (Å²) in [4.78, 5) is 10.6. The van der Waals surface area contributed by atoms with E-state index in [4.69, 9.17) is 5.26 Å². The number of hydrogen-bond acceptors (Lipinski definition) is 4. The van der Waals surface area contributed by atoms with E-state index < -0.39 is 4.92 Å². The van der Waals surface area contributed by atoms with Crippen molar-refractivity contribution < 1.29 is 4.92 Å². The molecule has 0 atom stereocenters. The fourth-order valence-corrected chi connectivity index (χ4v) is 1.89. The molecule has 6 heteroatoms. The summed E-state index contributed by atoms with van der Waals surface area (Å²) in [6, 6.07) is 10.3. The number of aromatic nitrogens is 1. The highest BCUT2D eigenvalue weighted by atomic mass is 16.6. The third-order valence-electron chi connectivity index (χ3n) is 2.84. The third kappa shape index (κ3) is 2.26. The van der Waals surface area contributed by atoms with Crippen molar-refractivity contribution in [3.63, 3.8) is 0 Å². The van der Waals surface area contributed by atoms with Gasteiger partial charge in [0.2, 0.25) is 0 Å². The molecule has 96 valence electrons. The number of rotatable bonds is 3. The van der Waals surface area contributed by atoms with Gasteiger partial charge in [0.15, 0.2) is 0 Å². The van der Waals surface area contributed by atoms with Gasteiger partial charge in [-0.25, -0.2) is 0 Å². The molecule has 1 heterocycles. The van der Waals surface area contributed by atoms with Gasteiger partial charge in [0.1, 0.15) is 17.3 Å². The highest BCUT2D eigenvalue weighted by Gasteiger charge is 2.20. The van der Waals surface area contributed by atoms with Gasteiger partial charge in [0, 0.05) is 11.4 Å². The second-order valence-electron chi connectivity index (χ2n) is 4.13. The average Bonchev–Trinajstić information content (AvgIpc) is 2.70. The van der Waals surface area contributed by atoms with Gasteiger partial charge in [-0.3, -0.25) is 20.2 Å². The minimum Gasteiger partial charge on any atom is -0.288 e. The summed E-state index contributed by atoms with van der Waals surface area (Å²) in [6.45, 7) is 3.78. The van der Waals surface area contributed by atoms with Crippen LogP contribution in [0.3, 0.4) is 0 Å². The van der Waals surface area contributed by atoms with Gasteiger partial charge < -0.3 is 0 Å². The van der Waals surface area contributed by atoms with Crippen LogP contribution in [0.2, 0.25) is 0 Å². The van der Waals surface area contributed by atoms with E-state index in [0.717, 1.165) is 11.4 Å². The highest BCUT2D eigenvalue weighted by Crippen LogP contribution is 2.28. The van der Waals surface area contributed by atoms with Crippen molar-refractivity contribution in [1.29, 1.82) is 5.26 Å². The van der Waals surface area contributed by atoms with Crippen molar-refractivity contribution in [3.05, 3.63) is 57.4 Å². The number of benzene rings is 1. The van der Waals surface area contributed by atoms with Crippen molar-refractivity contribution in [2.24, 2.45) is 0 Å². The first kappa shape index (κ1) is 12.6. The zero-order chi connectivity index (χ0) is 14.0. The summed E-state index contributed by atoms with van der Waals surface area (Å²) < 4.78 is 1.74. The molecule has 0 radical (unpaired) electrons. The minimum absolute atomic E-state index is 0.0393. The molecule has 0 amide bonds. The number of aryl methyl sites for hydroxylation is 2. The molecule has 0 aliphatic heterocycles. The van der Waals surface area contributed by atoms with Crippen molar-refractivity contribution in [2.75, 3.05) is 5.43 Å². The Bertz CT molecular complexity index is 663. The largest absolute Gasteiger partial charge is 0.311 e. The molecule has 0 unspecified atom stereocenters. The van der Waals surface area contributed by atoms with E-state index >= 15 is 0 Å². The first-order chi connectivity index (χ1) is 9.04. The van der Waals surface area contributed by atoms with E-state index in [-0.39, 0.29) is 11.3 Å². The monoisotopic (exact) mass is 256 g/mol. The minimum atomic E-state index is -0.547. The molecule has 0 bridgehead atoms. The second kappa shape index (κ2) is 4.82. The number of nitriles is 1. The maximum absolute atomic E-state index is 11.1. The van der Waals surface area contributed by atoms with E-state index in [1.54, 1.807) is 16.8 Å². The maximum Gasteiger partial charge on any atom is 0.311 e. The molecule has 0 aliphatic rings. The number of hydrogen-bond donors (Lipinski definition) is 1. The van der Waals surface area contributed by atoms with E-state index in [1.807, 2.05) is 32.0 Å². The van der Waals surface area contributed by atoms with E-state index in [0.29, 0.717) is 5.69 Å². The summed E-state index contributed by atoms with van der Waals surface area (Å²) in [7, 11) is 0. The predicted molar refractivity (Wildman–Crippen MR) is 70.7 cm³/mol. The van der Waals surface area contributed by atoms with Gasteiger partial charge in [-0.1, -0.05) is 6.07 Å². The molecule has 19 heavy (non-hydrogen) atoms. The predicted octanol–water partition coefficient (Wildman–Crippen LogP) is 2.76. The molecule has 0 saturated carbocycles. The van der Waals surface area contributed by atoms with Gasteiger partial charge in [0.05, 0.1) is 4.92 Å². The van der Waals surface area contributed by atoms with Crippen molar-refractivity contribution in [1.82, 2.24) is 4.68 Å². The average molecular weight is 256 g/mol. The lowest BCUT2D eigenvalue weighted by molar-refractivity contribution is -0.384. The van der Waals surface area contributed by atoms with Crippen LogP contribution in [-0.2, 0) is 0 Å². The number of anilines is 1. The number of nitrogens with one attached hydrogen (secondary N) is 1. The van der Waals surface area contributed by atoms with Crippen molar-refractivity contribution in [2.45, 2.75) is 13.8 Å². The second-order valence-corrected chi connectivity index (χ2v) is 4.13. The zero-order valence-electron chi connectivity index (χ0n) is 10.5. The Balaban J connectivity index is 2.53. The summed E-state index contributed by atoms with van der Waals surface area (Å²) in [5, 5.41) is 20.0. The number of nitro benzene ring substituents is 1. The summed E-state index contributed by atoms with van der Waals surface area (Å²) in [6.07, 6.45) is 0. The first-order valence-electron chi connectivity index (χ1n) is 5.64. The molecule has 0 saturated heterocycles. The van der Waals surface area contributed by atoms with Crippen molar-refractivity contribution >= 4 is 11.4 Å². The van der Waals surface area contributed by atoms with Gasteiger partial charge >= 0.3 is 5.69 Å². The Hall–Kier alpha value is -2.81. The van der Waals surface area contributed by atoms with Crippen LogP contribution in [0.15, 0.2) is 30.3 Å². The molecule has 0 aliphatic carbocycles. The van der Waals surface area contributed by atoms with Crippen LogP contribution >= 0.6 is 0 Å². The molecule has 1 N–H and O–H groups in total. The lowest BCUT2D eigenvalue weighted by atomic mass is 10.1. The van der Waals surface area contributed by atoms with Gasteiger partial charge in [-0.05, 0) is 38.1 Å². The van der Waals surface area contributed by atoms with Crippen LogP contribution in [0.25, 0.3) is 0 Å². The number of para-hydroxylation sites is 1. The third-order valence-corrected chi connectivity index (χ3v) is 2.84. The molecule has 1 aromatic carbocycles. The molecule has 2 aromatic rings. The lowest BCUT2D eigenvalue weighted by Gasteiger charge is -2.13. The molecule has 0 fully saturated rings. The fourth-order valence-electron chi connectivity index (χ4n) is 1.89. The molecule has 0 spiro atoms. The van der Waals surface area contributed by atoms with Crippen LogP contribution in [0.4, 0.5) is 11.4 Å². The Morgan fingerprint density at radius 1 is 1.26 bits per heavy atom. The van der Waals surface area contributed by atoms with Crippen LogP contribution in [-0.4, -0.2) is 9.60 Å². The van der Waals surface area contributed by atoms with Crippen LogP contribution in [0, 0.1) is 35.3 Å². The highest BCUT2D eigenvalue weighted by molar-refractivity contribution is 5.68. The molecule has 6 nitrogen and oxygen atoms in total. The molecular formula is C13H12N4O2. The Morgan fingerprint density at radius 2 is 1.89 bits per heavy atom. The first-order valence-corrected chi connectivity index (χ1v) is 5.64. The molecule has 2 rings (SSSR count). The zero-order valence-corrected chi connectivity index (χ0v) is 10.5. The Kier molecular flexibility index (Phi) is 3.21. The SMILES string of the molecule is Cc1ccc(C)n1Nc1cccc(C#N)c1[N+](=O)[O-]. The van der Waals surface area contributed by atoms with Crippen molar-refractivity contribution in [3.8, 4) is 6.07 Å². The van der Waals surface area contributed by atoms with Crippen LogP contribution in [0.5, 0.6) is 0 Å². The maximum atomic E-state index is 11.1. The lowest BCUT2D eigenvalue weighted by Crippen LogP contribution is -2.13. The van der Waals surface area contributed by atoms with E-state index in [1.165, 1.54) is 6.07 Å². The van der Waals surface area contributed by atoms with Crippen LogP contribution < -0.4 is 5.43 Å². The Morgan fingerprint density at radius 3 is 2.42 bits per heavy atom. The summed E-state index contributed by atoms with van der Waals surface area (Å²) in [5.41, 5.74) is 4.95. The fraction of sp³-hybridized carbons (Fsp3) is 0.154. The van der Waals surface area contributed by atoms with Gasteiger partial charge in [-0.2, -0.15) is 5.26 Å². The number of nitrogens with zero attached hydrogens (tertiary/aromatic N) is 3. The quantitative estimate of drug-likeness (QED) is 0.676. The van der Waals surface area contributed by atoms with E-state index in [2.05, 4.69) is 5.43 Å². The molecular weight excluding hydrogens is 244 g/mol. The van der Waals surface area contributed by atoms with Crippen LogP contribution in [0.1, 0.15) is 17.0 Å². The van der Waals surface area contributed by atoms with Gasteiger partial charge in [0.25, 0.3) is 0 Å². The number of nitro groups is 1. The summed E-state index contributed by atoms with van der Waals surface area (Å²) >= 11 is 0. The Labute approximate surface area is 110 Å². The normalized spacial score (nSPS) is 9.95. The molecule has 1 aromatic heterocycles. The smallest absolute Gasteiger partial charge is 0.288 e. The standard InChI is InChI=1S/C13H12N4O2/c1-9-6-7-10(2)16(9)15-12-5-3-4-11(8-14)13(12)17(18)19/h3-7,15H,1-2H3. The van der Waals surface area contributed by atoms with Gasteiger partial charge in [-0.15, -0.1) is 0 Å². The topological polar surface area (TPSA) is 83.9 Å².